The molecule has 0 amide bonds. The first-order valence-electron chi connectivity index (χ1n) is 10.9. The summed E-state index contributed by atoms with van der Waals surface area (Å²) in [6, 6.07) is 10.8. The average Bonchev–Trinajstić information content (AvgIpc) is 3.27. The van der Waals surface area contributed by atoms with Crippen molar-refractivity contribution >= 4 is 17.9 Å². The second-order valence-electron chi connectivity index (χ2n) is 9.27. The zero-order valence-corrected chi connectivity index (χ0v) is 20.5. The van der Waals surface area contributed by atoms with E-state index in [1.807, 2.05) is 17.5 Å². The van der Waals surface area contributed by atoms with Gasteiger partial charge in [0.25, 0.3) is 0 Å². The van der Waals surface area contributed by atoms with E-state index in [4.69, 9.17) is 11.8 Å². The molecule has 0 bridgehead atoms. The smallest absolute Gasteiger partial charge is 0.0757 e. The van der Waals surface area contributed by atoms with E-state index in [9.17, 15) is 0 Å². The Hall–Kier alpha value is -1.29. The van der Waals surface area contributed by atoms with Gasteiger partial charge in [-0.05, 0) is 83.9 Å². The van der Waals surface area contributed by atoms with Crippen LogP contribution in [0.4, 0.5) is 0 Å². The molecule has 162 valence electrons. The van der Waals surface area contributed by atoms with Crippen LogP contribution < -0.4 is 0 Å². The van der Waals surface area contributed by atoms with Crippen LogP contribution in [-0.4, -0.2) is 51.5 Å². The molecule has 2 unspecified atom stereocenters. The molecule has 1 aliphatic carbocycles. The molecule has 4 heteroatoms. The van der Waals surface area contributed by atoms with Gasteiger partial charge in [0.05, 0.1) is 12.1 Å². The van der Waals surface area contributed by atoms with E-state index in [1.165, 1.54) is 16.8 Å². The lowest BCUT2D eigenvalue weighted by Gasteiger charge is -2.37. The number of hydrogen-bond acceptors (Lipinski definition) is 3. The second-order valence-corrected chi connectivity index (χ2v) is 9.80. The van der Waals surface area contributed by atoms with Gasteiger partial charge in [0, 0.05) is 36.9 Å². The maximum atomic E-state index is 6.69. The van der Waals surface area contributed by atoms with Gasteiger partial charge in [-0.1, -0.05) is 36.9 Å². The fourth-order valence-corrected chi connectivity index (χ4v) is 5.05. The van der Waals surface area contributed by atoms with Crippen molar-refractivity contribution in [1.82, 2.24) is 14.2 Å². The standard InChI is InChI=1S/C25H40ClN3/c1-11-20-12-14-21(15-13-20)23(27(10)26)22-24(28(16(2)3)17(4)5)25(22)29(18(6)7)19(8)9/h11-19,23-24H,1H2,2-10H3. The maximum Gasteiger partial charge on any atom is 0.0757 e. The summed E-state index contributed by atoms with van der Waals surface area (Å²) in [5.74, 6) is 0. The fourth-order valence-electron chi connectivity index (χ4n) is 4.83. The summed E-state index contributed by atoms with van der Waals surface area (Å²) in [4.78, 5) is 5.19. The molecule has 0 saturated heterocycles. The van der Waals surface area contributed by atoms with E-state index in [0.717, 1.165) is 5.56 Å². The molecule has 0 fully saturated rings. The minimum Gasteiger partial charge on any atom is -0.368 e. The van der Waals surface area contributed by atoms with Crippen LogP contribution in [0.3, 0.4) is 0 Å². The number of benzene rings is 1. The van der Waals surface area contributed by atoms with E-state index in [-0.39, 0.29) is 6.04 Å². The maximum absolute atomic E-state index is 6.69. The highest BCUT2D eigenvalue weighted by molar-refractivity contribution is 6.13. The molecular weight excluding hydrogens is 378 g/mol. The van der Waals surface area contributed by atoms with Gasteiger partial charge in [0.15, 0.2) is 0 Å². The molecule has 3 nitrogen and oxygen atoms in total. The summed E-state index contributed by atoms with van der Waals surface area (Å²) in [6.07, 6.45) is 1.88. The number of nitrogens with zero attached hydrogens (tertiary/aromatic N) is 3. The summed E-state index contributed by atoms with van der Waals surface area (Å²) in [5.41, 5.74) is 5.23. The molecule has 0 aromatic heterocycles. The molecule has 0 N–H and O–H groups in total. The molecule has 29 heavy (non-hydrogen) atoms. The lowest BCUT2D eigenvalue weighted by atomic mass is 10.0. The van der Waals surface area contributed by atoms with Crippen LogP contribution in [-0.2, 0) is 0 Å². The fraction of sp³-hybridized carbons (Fsp3) is 0.600. The van der Waals surface area contributed by atoms with Crippen LogP contribution in [0.1, 0.15) is 72.6 Å². The number of rotatable bonds is 10. The molecule has 1 aliphatic rings. The molecule has 2 atom stereocenters. The van der Waals surface area contributed by atoms with Crippen LogP contribution >= 0.6 is 11.8 Å². The third-order valence-corrected chi connectivity index (χ3v) is 5.98. The topological polar surface area (TPSA) is 9.72 Å². The lowest BCUT2D eigenvalue weighted by Crippen LogP contribution is -2.44. The minimum absolute atomic E-state index is 0.0514. The van der Waals surface area contributed by atoms with Crippen LogP contribution in [0.5, 0.6) is 0 Å². The molecular formula is C25H40ClN3. The monoisotopic (exact) mass is 417 g/mol. The Balaban J connectivity index is 2.58. The first-order chi connectivity index (χ1) is 13.5. The zero-order chi connectivity index (χ0) is 22.0. The van der Waals surface area contributed by atoms with Crippen molar-refractivity contribution < 1.29 is 0 Å². The van der Waals surface area contributed by atoms with E-state index >= 15 is 0 Å². The van der Waals surface area contributed by atoms with Crippen molar-refractivity contribution in [3.63, 3.8) is 0 Å². The third-order valence-electron chi connectivity index (χ3n) is 5.79. The van der Waals surface area contributed by atoms with Gasteiger partial charge >= 0.3 is 0 Å². The molecule has 1 aromatic rings. The Morgan fingerprint density at radius 1 is 0.862 bits per heavy atom. The molecule has 0 saturated carbocycles. The third kappa shape index (κ3) is 5.07. The predicted octanol–water partition coefficient (Wildman–Crippen LogP) is 6.33. The number of likely N-dealkylation sites (N-methyl/N-ethyl adjacent to an activating group) is 1. The van der Waals surface area contributed by atoms with Gasteiger partial charge < -0.3 is 4.90 Å². The van der Waals surface area contributed by atoms with Crippen LogP contribution in [0.25, 0.3) is 6.08 Å². The highest BCUT2D eigenvalue weighted by Gasteiger charge is 2.51. The Morgan fingerprint density at radius 2 is 1.34 bits per heavy atom. The van der Waals surface area contributed by atoms with Crippen molar-refractivity contribution in [3.8, 4) is 0 Å². The zero-order valence-electron chi connectivity index (χ0n) is 19.8. The quantitative estimate of drug-likeness (QED) is 0.412. The Kier molecular flexibility index (Phi) is 8.00. The summed E-state index contributed by atoms with van der Waals surface area (Å²) in [7, 11) is 1.97. The van der Waals surface area contributed by atoms with Crippen molar-refractivity contribution in [2.75, 3.05) is 7.05 Å². The van der Waals surface area contributed by atoms with Gasteiger partial charge in [-0.2, -0.15) is 0 Å². The highest BCUT2D eigenvalue weighted by Crippen LogP contribution is 2.51. The van der Waals surface area contributed by atoms with Gasteiger partial charge in [-0.15, -0.1) is 0 Å². The first-order valence-corrected chi connectivity index (χ1v) is 11.3. The SMILES string of the molecule is C=Cc1ccc(C(C2=C(N(C(C)C)C(C)C)C2N(C(C)C)C(C)C)N(C)Cl)cc1. The van der Waals surface area contributed by atoms with Gasteiger partial charge in [-0.3, -0.25) is 4.90 Å². The van der Waals surface area contributed by atoms with E-state index < -0.39 is 0 Å². The van der Waals surface area contributed by atoms with Gasteiger partial charge in [0.1, 0.15) is 0 Å². The highest BCUT2D eigenvalue weighted by atomic mass is 35.5. The summed E-state index contributed by atoms with van der Waals surface area (Å²) in [5, 5.41) is 0. The van der Waals surface area contributed by atoms with Crippen molar-refractivity contribution in [2.24, 2.45) is 0 Å². The Morgan fingerprint density at radius 3 is 1.69 bits per heavy atom. The molecule has 0 aliphatic heterocycles. The number of halogens is 1. The van der Waals surface area contributed by atoms with Crippen molar-refractivity contribution in [1.29, 1.82) is 0 Å². The van der Waals surface area contributed by atoms with Crippen molar-refractivity contribution in [3.05, 3.63) is 53.2 Å². The van der Waals surface area contributed by atoms with Crippen LogP contribution in [0, 0.1) is 0 Å². The van der Waals surface area contributed by atoms with Gasteiger partial charge in [0.2, 0.25) is 0 Å². The van der Waals surface area contributed by atoms with Crippen molar-refractivity contribution in [2.45, 2.75) is 91.6 Å². The average molecular weight is 418 g/mol. The van der Waals surface area contributed by atoms with Crippen LogP contribution in [0.15, 0.2) is 42.1 Å². The normalized spacial score (nSPS) is 18.0. The molecule has 2 rings (SSSR count). The minimum atomic E-state index is 0.0514. The summed E-state index contributed by atoms with van der Waals surface area (Å²) >= 11 is 6.69. The van der Waals surface area contributed by atoms with E-state index in [1.54, 1.807) is 0 Å². The summed E-state index contributed by atoms with van der Waals surface area (Å²) < 4.78 is 1.84. The molecule has 0 radical (unpaired) electrons. The second kappa shape index (κ2) is 9.68. The first kappa shape index (κ1) is 24.0. The largest absolute Gasteiger partial charge is 0.368 e. The lowest BCUT2D eigenvalue weighted by molar-refractivity contribution is 0.142. The van der Waals surface area contributed by atoms with Crippen LogP contribution in [0.2, 0.25) is 0 Å². The molecule has 0 spiro atoms. The van der Waals surface area contributed by atoms with E-state index in [0.29, 0.717) is 30.2 Å². The summed E-state index contributed by atoms with van der Waals surface area (Å²) in [6.45, 7) is 22.2. The molecule has 1 aromatic carbocycles. The predicted molar refractivity (Wildman–Crippen MR) is 128 cm³/mol. The van der Waals surface area contributed by atoms with E-state index in [2.05, 4.69) is 96.0 Å². The molecule has 0 heterocycles. The Bertz CT molecular complexity index is 700. The Labute approximate surface area is 184 Å². The number of hydrogen-bond donors (Lipinski definition) is 0. The van der Waals surface area contributed by atoms with Gasteiger partial charge in [-0.25, -0.2) is 4.42 Å².